The predicted octanol–water partition coefficient (Wildman–Crippen LogP) is 3.31. The Morgan fingerprint density at radius 3 is 2.48 bits per heavy atom. The predicted molar refractivity (Wildman–Crippen MR) is 121 cm³/mol. The Labute approximate surface area is 192 Å². The molecule has 8 heteroatoms. The van der Waals surface area contributed by atoms with Crippen molar-refractivity contribution < 1.29 is 33.6 Å². The quantitative estimate of drug-likeness (QED) is 0.390. The molecule has 8 nitrogen and oxygen atoms in total. The standard InChI is InChI=1S/C25H27NO7/c1-30-15-10-11-18(20(13-15)32-3)23(27)21-22(17-8-4-5-9-19(17)31-2)26(25(29)24(21)28)14-16-7-6-12-33-16/h4-5,8-11,13,16,22,27H,6-7,12,14H2,1-3H3/b23-21+. The zero-order valence-electron chi connectivity index (χ0n) is 18.9. The van der Waals surface area contributed by atoms with E-state index in [0.717, 1.165) is 12.8 Å². The fourth-order valence-corrected chi connectivity index (χ4v) is 4.43. The molecular weight excluding hydrogens is 426 g/mol. The minimum Gasteiger partial charge on any atom is -0.507 e. The van der Waals surface area contributed by atoms with Crippen molar-refractivity contribution in [3.8, 4) is 17.2 Å². The molecule has 0 bridgehead atoms. The Bertz CT molecular complexity index is 1090. The van der Waals surface area contributed by atoms with Crippen molar-refractivity contribution >= 4 is 17.4 Å². The van der Waals surface area contributed by atoms with Crippen LogP contribution in [0.15, 0.2) is 48.0 Å². The molecule has 1 amide bonds. The van der Waals surface area contributed by atoms with E-state index in [0.29, 0.717) is 29.4 Å². The van der Waals surface area contributed by atoms with Gasteiger partial charge in [0.2, 0.25) is 0 Å². The second-order valence-electron chi connectivity index (χ2n) is 7.89. The number of aliphatic hydroxyl groups excluding tert-OH is 1. The first kappa shape index (κ1) is 22.7. The fraction of sp³-hybridized carbons (Fsp3) is 0.360. The summed E-state index contributed by atoms with van der Waals surface area (Å²) in [7, 11) is 4.50. The number of likely N-dealkylation sites (tertiary alicyclic amines) is 1. The highest BCUT2D eigenvalue weighted by Crippen LogP contribution is 2.44. The maximum absolute atomic E-state index is 13.3. The number of hydrogen-bond acceptors (Lipinski definition) is 7. The van der Waals surface area contributed by atoms with Crippen molar-refractivity contribution in [2.45, 2.75) is 25.0 Å². The molecule has 2 saturated heterocycles. The molecule has 2 fully saturated rings. The third-order valence-corrected chi connectivity index (χ3v) is 6.06. The molecule has 0 aromatic heterocycles. The van der Waals surface area contributed by atoms with Crippen molar-refractivity contribution in [1.82, 2.24) is 4.90 Å². The Balaban J connectivity index is 1.89. The topological polar surface area (TPSA) is 94.5 Å². The summed E-state index contributed by atoms with van der Waals surface area (Å²) in [4.78, 5) is 27.9. The number of benzene rings is 2. The summed E-state index contributed by atoms with van der Waals surface area (Å²) in [6, 6.07) is 11.2. The first-order chi connectivity index (χ1) is 16.0. The maximum Gasteiger partial charge on any atom is 0.295 e. The average Bonchev–Trinajstić information content (AvgIpc) is 3.45. The summed E-state index contributed by atoms with van der Waals surface area (Å²) < 4.78 is 21.9. The van der Waals surface area contributed by atoms with E-state index in [2.05, 4.69) is 0 Å². The van der Waals surface area contributed by atoms with Crippen molar-refractivity contribution in [1.29, 1.82) is 0 Å². The van der Waals surface area contributed by atoms with Crippen LogP contribution in [0.1, 0.15) is 30.0 Å². The summed E-state index contributed by atoms with van der Waals surface area (Å²) in [5, 5.41) is 11.3. The number of amides is 1. The lowest BCUT2D eigenvalue weighted by molar-refractivity contribution is -0.140. The van der Waals surface area contributed by atoms with Gasteiger partial charge in [0, 0.05) is 24.8 Å². The number of nitrogens with zero attached hydrogens (tertiary/aromatic N) is 1. The molecule has 2 aliphatic heterocycles. The van der Waals surface area contributed by atoms with Crippen LogP contribution in [0.5, 0.6) is 17.2 Å². The molecule has 2 aliphatic rings. The highest BCUT2D eigenvalue weighted by molar-refractivity contribution is 6.46. The van der Waals surface area contributed by atoms with E-state index in [1.165, 1.54) is 26.2 Å². The van der Waals surface area contributed by atoms with Gasteiger partial charge in [0.05, 0.1) is 44.6 Å². The van der Waals surface area contributed by atoms with Gasteiger partial charge in [-0.2, -0.15) is 0 Å². The van der Waals surface area contributed by atoms with Crippen LogP contribution in [-0.4, -0.2) is 62.3 Å². The van der Waals surface area contributed by atoms with Gasteiger partial charge in [-0.1, -0.05) is 18.2 Å². The van der Waals surface area contributed by atoms with E-state index in [1.807, 2.05) is 0 Å². The molecule has 33 heavy (non-hydrogen) atoms. The number of ether oxygens (including phenoxy) is 4. The molecular formula is C25H27NO7. The molecule has 0 saturated carbocycles. The highest BCUT2D eigenvalue weighted by Gasteiger charge is 2.48. The van der Waals surface area contributed by atoms with Gasteiger partial charge in [0.25, 0.3) is 11.7 Å². The lowest BCUT2D eigenvalue weighted by atomic mass is 9.94. The van der Waals surface area contributed by atoms with E-state index >= 15 is 0 Å². The minimum absolute atomic E-state index is 0.0223. The van der Waals surface area contributed by atoms with Gasteiger partial charge >= 0.3 is 0 Å². The SMILES string of the molecule is COc1ccc(/C(O)=C2\C(=O)C(=O)N(CC3CCCO3)C2c2ccccc2OC)c(OC)c1. The van der Waals surface area contributed by atoms with Crippen molar-refractivity contribution in [3.05, 3.63) is 59.2 Å². The van der Waals surface area contributed by atoms with Gasteiger partial charge in [0.15, 0.2) is 0 Å². The van der Waals surface area contributed by atoms with Crippen molar-refractivity contribution in [2.24, 2.45) is 0 Å². The number of carbonyl (C=O) groups excluding carboxylic acids is 2. The fourth-order valence-electron chi connectivity index (χ4n) is 4.43. The molecule has 0 radical (unpaired) electrons. The zero-order chi connectivity index (χ0) is 23.5. The summed E-state index contributed by atoms with van der Waals surface area (Å²) >= 11 is 0. The lowest BCUT2D eigenvalue weighted by Gasteiger charge is -2.28. The maximum atomic E-state index is 13.3. The average molecular weight is 453 g/mol. The van der Waals surface area contributed by atoms with Crippen molar-refractivity contribution in [3.63, 3.8) is 0 Å². The highest BCUT2D eigenvalue weighted by atomic mass is 16.5. The van der Waals surface area contributed by atoms with Crippen molar-refractivity contribution in [2.75, 3.05) is 34.5 Å². The molecule has 2 aromatic carbocycles. The molecule has 174 valence electrons. The van der Waals surface area contributed by atoms with Crippen LogP contribution in [0, 0.1) is 0 Å². The number of rotatable bonds is 7. The second kappa shape index (κ2) is 9.54. The van der Waals surface area contributed by atoms with E-state index in [4.69, 9.17) is 18.9 Å². The van der Waals surface area contributed by atoms with Crippen LogP contribution in [0.25, 0.3) is 5.76 Å². The Hall–Kier alpha value is -3.52. The zero-order valence-corrected chi connectivity index (χ0v) is 18.9. The van der Waals surface area contributed by atoms with Gasteiger partial charge < -0.3 is 29.0 Å². The largest absolute Gasteiger partial charge is 0.507 e. The summed E-state index contributed by atoms with van der Waals surface area (Å²) in [5.74, 6) is -0.415. The van der Waals surface area contributed by atoms with Gasteiger partial charge in [-0.25, -0.2) is 0 Å². The third-order valence-electron chi connectivity index (χ3n) is 6.06. The summed E-state index contributed by atoms with van der Waals surface area (Å²) in [6.07, 6.45) is 1.53. The summed E-state index contributed by atoms with van der Waals surface area (Å²) in [5.41, 5.74) is 0.866. The van der Waals surface area contributed by atoms with E-state index in [9.17, 15) is 14.7 Å². The Morgan fingerprint density at radius 2 is 1.82 bits per heavy atom. The molecule has 4 rings (SSSR count). The van der Waals surface area contributed by atoms with Gasteiger partial charge in [-0.05, 0) is 31.0 Å². The molecule has 2 heterocycles. The minimum atomic E-state index is -0.836. The van der Waals surface area contributed by atoms with Crippen LogP contribution in [-0.2, 0) is 14.3 Å². The number of methoxy groups -OCH3 is 3. The number of ketones is 1. The molecule has 0 aliphatic carbocycles. The van der Waals surface area contributed by atoms with Crippen LogP contribution in [0.4, 0.5) is 0 Å². The smallest absolute Gasteiger partial charge is 0.295 e. The molecule has 2 atom stereocenters. The van der Waals surface area contributed by atoms with Gasteiger partial charge in [-0.3, -0.25) is 9.59 Å². The van der Waals surface area contributed by atoms with Crippen LogP contribution in [0.2, 0.25) is 0 Å². The number of hydrogen-bond donors (Lipinski definition) is 1. The number of Topliss-reactive ketones (excluding diaryl/α,β-unsaturated/α-hetero) is 1. The number of carbonyl (C=O) groups is 2. The Morgan fingerprint density at radius 1 is 1.06 bits per heavy atom. The van der Waals surface area contributed by atoms with Crippen LogP contribution >= 0.6 is 0 Å². The first-order valence-electron chi connectivity index (χ1n) is 10.8. The lowest BCUT2D eigenvalue weighted by Crippen LogP contribution is -2.36. The number of para-hydroxylation sites is 1. The molecule has 1 N–H and O–H groups in total. The van der Waals surface area contributed by atoms with E-state index < -0.39 is 17.7 Å². The van der Waals surface area contributed by atoms with Crippen LogP contribution < -0.4 is 14.2 Å². The van der Waals surface area contributed by atoms with E-state index in [1.54, 1.807) is 42.5 Å². The van der Waals surface area contributed by atoms with Gasteiger partial charge in [0.1, 0.15) is 23.0 Å². The third kappa shape index (κ3) is 4.14. The van der Waals surface area contributed by atoms with Crippen LogP contribution in [0.3, 0.4) is 0 Å². The molecule has 2 unspecified atom stereocenters. The monoisotopic (exact) mass is 453 g/mol. The molecule has 0 spiro atoms. The molecule has 2 aromatic rings. The normalized spacial score (nSPS) is 22.0. The van der Waals surface area contributed by atoms with Gasteiger partial charge in [-0.15, -0.1) is 0 Å². The second-order valence-corrected chi connectivity index (χ2v) is 7.89. The first-order valence-corrected chi connectivity index (χ1v) is 10.8. The number of aliphatic hydroxyl groups is 1. The summed E-state index contributed by atoms with van der Waals surface area (Å²) in [6.45, 7) is 0.862. The van der Waals surface area contributed by atoms with E-state index in [-0.39, 0.29) is 29.5 Å². The Kier molecular flexibility index (Phi) is 6.55.